The van der Waals surface area contributed by atoms with Gasteiger partial charge < -0.3 is 9.47 Å². The summed E-state index contributed by atoms with van der Waals surface area (Å²) in [4.78, 5) is 2.48. The van der Waals surface area contributed by atoms with Crippen LogP contribution in [-0.2, 0) is 0 Å². The molecule has 0 N–H and O–H groups in total. The van der Waals surface area contributed by atoms with E-state index in [1.54, 1.807) is 0 Å². The maximum Gasteiger partial charge on any atom is 0.0619 e. The Kier molecular flexibility index (Phi) is 7.13. The van der Waals surface area contributed by atoms with Crippen molar-refractivity contribution in [3.8, 4) is 16.8 Å². The Morgan fingerprint density at radius 1 is 0.386 bits per heavy atom. The van der Waals surface area contributed by atoms with Crippen molar-refractivity contribution in [1.82, 2.24) is 4.57 Å². The van der Waals surface area contributed by atoms with Gasteiger partial charge in [0.05, 0.1) is 16.7 Å². The quantitative estimate of drug-likeness (QED) is 0.170. The molecule has 266 valence electrons. The molecular formula is C54H34N2S. The van der Waals surface area contributed by atoms with Gasteiger partial charge in [-0.3, -0.25) is 0 Å². The van der Waals surface area contributed by atoms with E-state index < -0.39 is 0 Å². The molecule has 10 aromatic carbocycles. The number of hydrogen-bond acceptors (Lipinski definition) is 2. The van der Waals surface area contributed by atoms with Crippen LogP contribution in [0.2, 0.25) is 0 Å². The van der Waals surface area contributed by atoms with Gasteiger partial charge in [0.2, 0.25) is 0 Å². The summed E-state index contributed by atoms with van der Waals surface area (Å²) in [6.45, 7) is 0. The molecule has 0 atom stereocenters. The van der Waals surface area contributed by atoms with Gasteiger partial charge in [0.15, 0.2) is 0 Å². The van der Waals surface area contributed by atoms with E-state index in [9.17, 15) is 0 Å². The summed E-state index contributed by atoms with van der Waals surface area (Å²) in [5, 5.41) is 12.5. The first-order chi connectivity index (χ1) is 28.3. The van der Waals surface area contributed by atoms with Crippen LogP contribution in [0.3, 0.4) is 0 Å². The van der Waals surface area contributed by atoms with E-state index >= 15 is 0 Å². The third-order valence-electron chi connectivity index (χ3n) is 11.7. The Morgan fingerprint density at radius 3 is 1.89 bits per heavy atom. The van der Waals surface area contributed by atoms with Gasteiger partial charge in [0.1, 0.15) is 0 Å². The smallest absolute Gasteiger partial charge is 0.0619 e. The fourth-order valence-corrected chi connectivity index (χ4v) is 10.4. The Balaban J connectivity index is 1.17. The number of rotatable bonds is 5. The standard InChI is InChI=1S/C54H34N2S/c1-2-12-35(13-3-1)40-18-10-19-41(32-40)55(49-22-11-23-51-52(49)48-30-26-38-16-7-9-21-45(38)54(48)57-51)43-28-31-46-47-29-25-37-15-6-8-20-44(37)53(47)56(50(46)34-43)42-27-24-36-14-4-5-17-39(36)33-42/h1-34H. The van der Waals surface area contributed by atoms with Crippen molar-refractivity contribution in [2.45, 2.75) is 0 Å². The van der Waals surface area contributed by atoms with Crippen LogP contribution < -0.4 is 4.90 Å². The molecule has 12 rings (SSSR count). The van der Waals surface area contributed by atoms with Crippen molar-refractivity contribution in [1.29, 1.82) is 0 Å². The van der Waals surface area contributed by atoms with Crippen LogP contribution in [0.15, 0.2) is 206 Å². The fraction of sp³-hybridized carbons (Fsp3) is 0. The average molecular weight is 743 g/mol. The maximum atomic E-state index is 2.49. The predicted octanol–water partition coefficient (Wildman–Crippen LogP) is 15.7. The number of thiophene rings is 1. The van der Waals surface area contributed by atoms with Crippen molar-refractivity contribution >= 4 is 103 Å². The highest BCUT2D eigenvalue weighted by Crippen LogP contribution is 2.48. The molecule has 0 saturated heterocycles. The van der Waals surface area contributed by atoms with E-state index in [0.717, 1.165) is 22.7 Å². The minimum atomic E-state index is 1.11. The summed E-state index contributed by atoms with van der Waals surface area (Å²) in [6, 6.07) is 75.8. The second-order valence-electron chi connectivity index (χ2n) is 14.9. The first kappa shape index (κ1) is 32.1. The van der Waals surface area contributed by atoms with Crippen LogP contribution in [0.5, 0.6) is 0 Å². The molecule has 2 aromatic heterocycles. The van der Waals surface area contributed by atoms with Crippen LogP contribution in [0.1, 0.15) is 0 Å². The van der Waals surface area contributed by atoms with Crippen LogP contribution in [-0.4, -0.2) is 4.57 Å². The van der Waals surface area contributed by atoms with Gasteiger partial charge in [-0.05, 0) is 86.6 Å². The monoisotopic (exact) mass is 742 g/mol. The van der Waals surface area contributed by atoms with Gasteiger partial charge in [0.25, 0.3) is 0 Å². The molecule has 0 aliphatic heterocycles. The topological polar surface area (TPSA) is 8.17 Å². The lowest BCUT2D eigenvalue weighted by atomic mass is 10.0. The summed E-state index contributed by atoms with van der Waals surface area (Å²) >= 11 is 1.89. The molecule has 2 nitrogen and oxygen atoms in total. The van der Waals surface area contributed by atoms with Crippen molar-refractivity contribution in [2.24, 2.45) is 0 Å². The van der Waals surface area contributed by atoms with Gasteiger partial charge in [-0.15, -0.1) is 11.3 Å². The number of nitrogens with zero attached hydrogens (tertiary/aromatic N) is 2. The molecule has 0 spiro atoms. The van der Waals surface area contributed by atoms with E-state index in [4.69, 9.17) is 0 Å². The Hall–Kier alpha value is -7.20. The van der Waals surface area contributed by atoms with Gasteiger partial charge in [-0.25, -0.2) is 0 Å². The third kappa shape index (κ3) is 5.03. The second-order valence-corrected chi connectivity index (χ2v) is 16.0. The Morgan fingerprint density at radius 2 is 1.04 bits per heavy atom. The van der Waals surface area contributed by atoms with Gasteiger partial charge in [-0.1, -0.05) is 158 Å². The molecule has 0 bridgehead atoms. The molecule has 0 saturated carbocycles. The summed E-state index contributed by atoms with van der Waals surface area (Å²) in [5.74, 6) is 0. The number of anilines is 3. The first-order valence-electron chi connectivity index (χ1n) is 19.5. The van der Waals surface area contributed by atoms with Crippen molar-refractivity contribution in [2.75, 3.05) is 4.90 Å². The summed E-state index contributed by atoms with van der Waals surface area (Å²) in [5.41, 5.74) is 9.32. The highest BCUT2D eigenvalue weighted by atomic mass is 32.1. The zero-order valence-corrected chi connectivity index (χ0v) is 31.7. The summed E-state index contributed by atoms with van der Waals surface area (Å²) < 4.78 is 5.10. The molecule has 57 heavy (non-hydrogen) atoms. The van der Waals surface area contributed by atoms with E-state index in [1.807, 2.05) is 11.3 Å². The Bertz CT molecular complexity index is 3540. The van der Waals surface area contributed by atoms with Gasteiger partial charge in [0, 0.05) is 53.4 Å². The highest BCUT2D eigenvalue weighted by Gasteiger charge is 2.22. The zero-order valence-electron chi connectivity index (χ0n) is 30.9. The van der Waals surface area contributed by atoms with Gasteiger partial charge in [-0.2, -0.15) is 0 Å². The minimum absolute atomic E-state index is 1.11. The molecule has 0 unspecified atom stereocenters. The Labute approximate surface area is 333 Å². The number of hydrogen-bond donors (Lipinski definition) is 0. The van der Waals surface area contributed by atoms with Gasteiger partial charge >= 0.3 is 0 Å². The fourth-order valence-electron chi connectivity index (χ4n) is 9.09. The van der Waals surface area contributed by atoms with E-state index in [0.29, 0.717) is 0 Å². The second kappa shape index (κ2) is 12.7. The molecule has 0 amide bonds. The largest absolute Gasteiger partial charge is 0.310 e. The average Bonchev–Trinajstić information content (AvgIpc) is 3.83. The van der Waals surface area contributed by atoms with Crippen molar-refractivity contribution in [3.05, 3.63) is 206 Å². The number of fused-ring (bicyclic) bond motifs is 11. The van der Waals surface area contributed by atoms with Crippen molar-refractivity contribution < 1.29 is 0 Å². The first-order valence-corrected chi connectivity index (χ1v) is 20.3. The number of aromatic nitrogens is 1. The third-order valence-corrected chi connectivity index (χ3v) is 12.9. The molecule has 0 fully saturated rings. The maximum absolute atomic E-state index is 2.49. The van der Waals surface area contributed by atoms with Crippen molar-refractivity contribution in [3.63, 3.8) is 0 Å². The summed E-state index contributed by atoms with van der Waals surface area (Å²) in [6.07, 6.45) is 0. The molecule has 0 radical (unpaired) electrons. The van der Waals surface area contributed by atoms with E-state index in [2.05, 4.69) is 216 Å². The molecule has 0 aliphatic carbocycles. The van der Waals surface area contributed by atoms with Crippen LogP contribution in [0.25, 0.3) is 91.1 Å². The molecule has 2 heterocycles. The zero-order chi connectivity index (χ0) is 37.5. The van der Waals surface area contributed by atoms with Crippen LogP contribution in [0, 0.1) is 0 Å². The summed E-state index contributed by atoms with van der Waals surface area (Å²) in [7, 11) is 0. The van der Waals surface area contributed by atoms with Crippen LogP contribution in [0.4, 0.5) is 17.1 Å². The molecule has 3 heteroatoms. The normalized spacial score (nSPS) is 11.9. The predicted molar refractivity (Wildman–Crippen MR) is 246 cm³/mol. The van der Waals surface area contributed by atoms with E-state index in [-0.39, 0.29) is 0 Å². The van der Waals surface area contributed by atoms with Crippen LogP contribution >= 0.6 is 11.3 Å². The number of benzene rings is 10. The highest BCUT2D eigenvalue weighted by molar-refractivity contribution is 7.26. The molecular weight excluding hydrogens is 709 g/mol. The lowest BCUT2D eigenvalue weighted by Gasteiger charge is -2.27. The lowest BCUT2D eigenvalue weighted by molar-refractivity contribution is 1.19. The SMILES string of the molecule is c1ccc(-c2cccc(N(c3ccc4c5ccc6ccccc6c5n(-c5ccc6ccccc6c5)c4c3)c3cccc4sc5c6ccccc6ccc5c34)c2)cc1. The minimum Gasteiger partial charge on any atom is -0.310 e. The van der Waals surface area contributed by atoms with E-state index in [1.165, 1.54) is 85.4 Å². The molecule has 12 aromatic rings. The lowest BCUT2D eigenvalue weighted by Crippen LogP contribution is -2.10. The molecule has 0 aliphatic rings.